The van der Waals surface area contributed by atoms with Crippen LogP contribution in [0.15, 0.2) is 60.7 Å². The first-order chi connectivity index (χ1) is 11.6. The molecule has 0 bridgehead atoms. The Hall–Kier alpha value is -2.62. The van der Waals surface area contributed by atoms with E-state index in [2.05, 4.69) is 19.2 Å². The standard InChI is InChI=1S/C20H22N2O2/c1-15(2)13-14-22-18(23)20(21-19(22)24,16-9-5-3-6-10-16)17-11-7-4-8-12-17/h3-12,15H,13-14H2,1-2H3,(H,21,24). The van der Waals surface area contributed by atoms with Gasteiger partial charge in [-0.2, -0.15) is 0 Å². The van der Waals surface area contributed by atoms with Gasteiger partial charge in [0.25, 0.3) is 5.91 Å². The summed E-state index contributed by atoms with van der Waals surface area (Å²) in [5.74, 6) is 0.222. The van der Waals surface area contributed by atoms with Crippen LogP contribution < -0.4 is 5.32 Å². The highest BCUT2D eigenvalue weighted by atomic mass is 16.2. The first-order valence-corrected chi connectivity index (χ1v) is 8.31. The Morgan fingerprint density at radius 3 is 1.88 bits per heavy atom. The monoisotopic (exact) mass is 322 g/mol. The number of urea groups is 1. The molecule has 3 amide bonds. The zero-order valence-corrected chi connectivity index (χ0v) is 14.0. The van der Waals surface area contributed by atoms with Gasteiger partial charge in [0.15, 0.2) is 5.54 Å². The molecule has 1 saturated heterocycles. The van der Waals surface area contributed by atoms with Crippen LogP contribution in [0.2, 0.25) is 0 Å². The third-order valence-corrected chi connectivity index (χ3v) is 4.45. The van der Waals surface area contributed by atoms with Gasteiger partial charge in [-0.1, -0.05) is 74.5 Å². The van der Waals surface area contributed by atoms with Gasteiger partial charge in [-0.3, -0.25) is 9.69 Å². The molecule has 124 valence electrons. The molecule has 1 N–H and O–H groups in total. The number of carbonyl (C=O) groups is 2. The maximum absolute atomic E-state index is 13.3. The molecule has 1 fully saturated rings. The molecular weight excluding hydrogens is 300 g/mol. The van der Waals surface area contributed by atoms with Crippen LogP contribution in [-0.2, 0) is 10.3 Å². The smallest absolute Gasteiger partial charge is 0.315 e. The van der Waals surface area contributed by atoms with Crippen molar-refractivity contribution in [3.8, 4) is 0 Å². The van der Waals surface area contributed by atoms with Crippen molar-refractivity contribution in [1.29, 1.82) is 0 Å². The highest BCUT2D eigenvalue weighted by Gasteiger charge is 2.53. The van der Waals surface area contributed by atoms with Gasteiger partial charge in [-0.25, -0.2) is 4.79 Å². The molecule has 4 nitrogen and oxygen atoms in total. The van der Waals surface area contributed by atoms with Crippen LogP contribution >= 0.6 is 0 Å². The van der Waals surface area contributed by atoms with Crippen LogP contribution in [0.4, 0.5) is 4.79 Å². The van der Waals surface area contributed by atoms with Crippen molar-refractivity contribution >= 4 is 11.9 Å². The summed E-state index contributed by atoms with van der Waals surface area (Å²) < 4.78 is 0. The molecule has 4 heteroatoms. The average Bonchev–Trinajstić information content (AvgIpc) is 2.86. The van der Waals surface area contributed by atoms with E-state index in [1.807, 2.05) is 60.7 Å². The predicted molar refractivity (Wildman–Crippen MR) is 93.4 cm³/mol. The lowest BCUT2D eigenvalue weighted by atomic mass is 9.82. The maximum Gasteiger partial charge on any atom is 0.325 e. The summed E-state index contributed by atoms with van der Waals surface area (Å²) >= 11 is 0. The number of nitrogens with one attached hydrogen (secondary N) is 1. The highest BCUT2D eigenvalue weighted by molar-refractivity contribution is 6.09. The second kappa shape index (κ2) is 6.48. The van der Waals surface area contributed by atoms with Gasteiger partial charge in [0, 0.05) is 6.54 Å². The lowest BCUT2D eigenvalue weighted by Gasteiger charge is -2.28. The first kappa shape index (κ1) is 16.2. The largest absolute Gasteiger partial charge is 0.325 e. The number of amides is 3. The maximum atomic E-state index is 13.3. The number of hydrogen-bond acceptors (Lipinski definition) is 2. The van der Waals surface area contributed by atoms with Crippen LogP contribution in [0.3, 0.4) is 0 Å². The zero-order chi connectivity index (χ0) is 17.2. The fourth-order valence-electron chi connectivity index (χ4n) is 3.10. The molecule has 1 aliphatic heterocycles. The van der Waals surface area contributed by atoms with Crippen molar-refractivity contribution < 1.29 is 9.59 Å². The molecule has 1 aliphatic rings. The van der Waals surface area contributed by atoms with Crippen molar-refractivity contribution in [2.45, 2.75) is 25.8 Å². The lowest BCUT2D eigenvalue weighted by molar-refractivity contribution is -0.130. The quantitative estimate of drug-likeness (QED) is 0.856. The number of carbonyl (C=O) groups excluding carboxylic acids is 2. The molecule has 0 radical (unpaired) electrons. The molecule has 0 atom stereocenters. The van der Waals surface area contributed by atoms with Crippen LogP contribution in [0.5, 0.6) is 0 Å². The number of nitrogens with zero attached hydrogens (tertiary/aromatic N) is 1. The summed E-state index contributed by atoms with van der Waals surface area (Å²) in [6.07, 6.45) is 0.790. The van der Waals surface area contributed by atoms with E-state index in [-0.39, 0.29) is 11.9 Å². The number of hydrogen-bond donors (Lipinski definition) is 1. The molecule has 0 saturated carbocycles. The summed E-state index contributed by atoms with van der Waals surface area (Å²) in [7, 11) is 0. The van der Waals surface area contributed by atoms with Crippen LogP contribution in [0.25, 0.3) is 0 Å². The lowest BCUT2D eigenvalue weighted by Crippen LogP contribution is -2.45. The minimum absolute atomic E-state index is 0.203. The van der Waals surface area contributed by atoms with Crippen LogP contribution in [0, 0.1) is 5.92 Å². The van der Waals surface area contributed by atoms with Gasteiger partial charge in [-0.15, -0.1) is 0 Å². The van der Waals surface area contributed by atoms with Crippen molar-refractivity contribution in [2.24, 2.45) is 5.92 Å². The van der Waals surface area contributed by atoms with Crippen LogP contribution in [-0.4, -0.2) is 23.4 Å². The van der Waals surface area contributed by atoms with Crippen molar-refractivity contribution in [2.75, 3.05) is 6.54 Å². The second-order valence-electron chi connectivity index (χ2n) is 6.55. The predicted octanol–water partition coefficient (Wildman–Crippen LogP) is 3.53. The SMILES string of the molecule is CC(C)CCN1C(=O)NC(c2ccccc2)(c2ccccc2)C1=O. The van der Waals surface area contributed by atoms with Crippen molar-refractivity contribution in [3.63, 3.8) is 0 Å². The van der Waals surface area contributed by atoms with E-state index in [1.165, 1.54) is 4.90 Å². The van der Waals surface area contributed by atoms with E-state index >= 15 is 0 Å². The summed E-state index contributed by atoms with van der Waals surface area (Å²) in [5.41, 5.74) is 0.416. The Labute approximate surface area is 142 Å². The Morgan fingerprint density at radius 1 is 0.917 bits per heavy atom. The van der Waals surface area contributed by atoms with E-state index < -0.39 is 5.54 Å². The molecule has 0 aromatic heterocycles. The molecule has 1 heterocycles. The Balaban J connectivity index is 2.07. The molecule has 0 spiro atoms. The van der Waals surface area contributed by atoms with Crippen molar-refractivity contribution in [1.82, 2.24) is 10.2 Å². The van der Waals surface area contributed by atoms with Crippen molar-refractivity contribution in [3.05, 3.63) is 71.8 Å². The molecule has 0 unspecified atom stereocenters. The Morgan fingerprint density at radius 2 is 1.42 bits per heavy atom. The second-order valence-corrected chi connectivity index (χ2v) is 6.55. The normalized spacial score (nSPS) is 16.5. The average molecular weight is 322 g/mol. The summed E-state index contributed by atoms with van der Waals surface area (Å²) in [6.45, 7) is 4.60. The third-order valence-electron chi connectivity index (χ3n) is 4.45. The molecule has 0 aliphatic carbocycles. The van der Waals surface area contributed by atoms with E-state index in [9.17, 15) is 9.59 Å². The third kappa shape index (κ3) is 2.68. The fourth-order valence-corrected chi connectivity index (χ4v) is 3.10. The van der Waals surface area contributed by atoms with E-state index in [1.54, 1.807) is 0 Å². The van der Waals surface area contributed by atoms with Gasteiger partial charge >= 0.3 is 6.03 Å². The van der Waals surface area contributed by atoms with Gasteiger partial charge in [-0.05, 0) is 23.5 Å². The molecule has 2 aromatic rings. The summed E-state index contributed by atoms with van der Waals surface area (Å²) in [4.78, 5) is 27.2. The highest BCUT2D eigenvalue weighted by Crippen LogP contribution is 2.36. The zero-order valence-electron chi connectivity index (χ0n) is 14.0. The van der Waals surface area contributed by atoms with Gasteiger partial charge in [0.2, 0.25) is 0 Å². The van der Waals surface area contributed by atoms with E-state index in [0.717, 1.165) is 17.5 Å². The molecular formula is C20H22N2O2. The summed E-state index contributed by atoms with van der Waals surface area (Å²) in [5, 5.41) is 2.96. The van der Waals surface area contributed by atoms with Crippen LogP contribution in [0.1, 0.15) is 31.4 Å². The minimum Gasteiger partial charge on any atom is -0.315 e. The number of benzene rings is 2. The fraction of sp³-hybridized carbons (Fsp3) is 0.300. The van der Waals surface area contributed by atoms with Gasteiger partial charge in [0.1, 0.15) is 0 Å². The first-order valence-electron chi connectivity index (χ1n) is 8.31. The topological polar surface area (TPSA) is 49.4 Å². The van der Waals surface area contributed by atoms with E-state index in [0.29, 0.717) is 12.5 Å². The molecule has 24 heavy (non-hydrogen) atoms. The van der Waals surface area contributed by atoms with Gasteiger partial charge < -0.3 is 5.32 Å². The van der Waals surface area contributed by atoms with Gasteiger partial charge in [0.05, 0.1) is 0 Å². The number of imide groups is 1. The number of rotatable bonds is 5. The Kier molecular flexibility index (Phi) is 4.38. The summed E-state index contributed by atoms with van der Waals surface area (Å²) in [6, 6.07) is 18.6. The Bertz CT molecular complexity index is 686. The molecule has 3 rings (SSSR count). The minimum atomic E-state index is -1.14. The molecule has 2 aromatic carbocycles. The van der Waals surface area contributed by atoms with E-state index in [4.69, 9.17) is 0 Å².